The van der Waals surface area contributed by atoms with Gasteiger partial charge in [0.25, 0.3) is 0 Å². The molecule has 0 saturated carbocycles. The molecule has 0 saturated heterocycles. The van der Waals surface area contributed by atoms with Gasteiger partial charge in [0.15, 0.2) is 0 Å². The normalized spacial score (nSPS) is 12.9. The molecule has 1 nitrogen and oxygen atoms in total. The van der Waals surface area contributed by atoms with Crippen molar-refractivity contribution >= 4 is 5.57 Å². The number of ether oxygens (including phenoxy) is 1. The van der Waals surface area contributed by atoms with Crippen LogP contribution in [0.3, 0.4) is 0 Å². The Morgan fingerprint density at radius 2 is 1.65 bits per heavy atom. The molecule has 2 aromatic rings. The molecule has 3 rings (SSSR count). The number of hydrogen-bond acceptors (Lipinski definition) is 1. The molecule has 0 aromatic heterocycles. The van der Waals surface area contributed by atoms with Gasteiger partial charge < -0.3 is 4.74 Å². The Morgan fingerprint density at radius 1 is 0.850 bits per heavy atom. The van der Waals surface area contributed by atoms with Gasteiger partial charge in [-0.25, -0.2) is 0 Å². The Balaban J connectivity index is 1.41. The van der Waals surface area contributed by atoms with E-state index in [2.05, 4.69) is 30.3 Å². The molecular weight excluding hydrogens is 244 g/mol. The van der Waals surface area contributed by atoms with E-state index in [1.807, 2.05) is 30.3 Å². The summed E-state index contributed by atoms with van der Waals surface area (Å²) in [6, 6.07) is 18.8. The minimum Gasteiger partial charge on any atom is -0.494 e. The SMILES string of the molecule is C1=C(CCCCOc2ccccc2)c2ccccc2C1. The Hall–Kier alpha value is -2.02. The monoisotopic (exact) mass is 264 g/mol. The molecule has 0 heterocycles. The number of allylic oxidation sites excluding steroid dienone is 2. The smallest absolute Gasteiger partial charge is 0.119 e. The van der Waals surface area contributed by atoms with Crippen LogP contribution in [0.1, 0.15) is 30.4 Å². The molecule has 0 spiro atoms. The van der Waals surface area contributed by atoms with Crippen LogP contribution in [0.2, 0.25) is 0 Å². The van der Waals surface area contributed by atoms with Gasteiger partial charge in [-0.1, -0.05) is 48.5 Å². The molecule has 2 aromatic carbocycles. The lowest BCUT2D eigenvalue weighted by Gasteiger charge is -2.07. The maximum absolute atomic E-state index is 5.72. The zero-order valence-corrected chi connectivity index (χ0v) is 11.7. The van der Waals surface area contributed by atoms with Crippen LogP contribution in [0.25, 0.3) is 5.57 Å². The topological polar surface area (TPSA) is 9.23 Å². The summed E-state index contributed by atoms with van der Waals surface area (Å²) in [5, 5.41) is 0. The number of benzene rings is 2. The van der Waals surface area contributed by atoms with Gasteiger partial charge in [-0.3, -0.25) is 0 Å². The van der Waals surface area contributed by atoms with Gasteiger partial charge in [0.2, 0.25) is 0 Å². The largest absolute Gasteiger partial charge is 0.494 e. The maximum atomic E-state index is 5.72. The van der Waals surface area contributed by atoms with Crippen LogP contribution >= 0.6 is 0 Å². The van der Waals surface area contributed by atoms with Crippen LogP contribution in [-0.2, 0) is 6.42 Å². The van der Waals surface area contributed by atoms with Crippen LogP contribution in [0.15, 0.2) is 60.7 Å². The molecule has 0 radical (unpaired) electrons. The number of unbranched alkanes of at least 4 members (excludes halogenated alkanes) is 1. The molecule has 0 bridgehead atoms. The molecule has 0 unspecified atom stereocenters. The van der Waals surface area contributed by atoms with Crippen molar-refractivity contribution in [2.24, 2.45) is 0 Å². The van der Waals surface area contributed by atoms with Crippen molar-refractivity contribution in [2.45, 2.75) is 25.7 Å². The van der Waals surface area contributed by atoms with Crippen LogP contribution in [0, 0.1) is 0 Å². The van der Waals surface area contributed by atoms with Crippen LogP contribution in [0.4, 0.5) is 0 Å². The van der Waals surface area contributed by atoms with Crippen LogP contribution < -0.4 is 4.74 Å². The average molecular weight is 264 g/mol. The molecule has 0 fully saturated rings. The lowest BCUT2D eigenvalue weighted by molar-refractivity contribution is 0.307. The van der Waals surface area contributed by atoms with Gasteiger partial charge in [0.05, 0.1) is 6.61 Å². The van der Waals surface area contributed by atoms with Gasteiger partial charge in [-0.2, -0.15) is 0 Å². The summed E-state index contributed by atoms with van der Waals surface area (Å²) in [6.07, 6.45) is 6.94. The first-order chi connectivity index (χ1) is 9.93. The first-order valence-corrected chi connectivity index (χ1v) is 7.38. The first kappa shape index (κ1) is 13.0. The third-order valence-electron chi connectivity index (χ3n) is 3.78. The Bertz CT molecular complexity index is 584. The van der Waals surface area contributed by atoms with E-state index in [9.17, 15) is 0 Å². The van der Waals surface area contributed by atoms with E-state index in [-0.39, 0.29) is 0 Å². The highest BCUT2D eigenvalue weighted by Crippen LogP contribution is 2.30. The summed E-state index contributed by atoms with van der Waals surface area (Å²) in [6.45, 7) is 0.805. The average Bonchev–Trinajstić information content (AvgIpc) is 2.91. The van der Waals surface area contributed by atoms with E-state index in [0.717, 1.165) is 31.6 Å². The fourth-order valence-electron chi connectivity index (χ4n) is 2.72. The lowest BCUT2D eigenvalue weighted by atomic mass is 10.0. The Morgan fingerprint density at radius 3 is 2.55 bits per heavy atom. The summed E-state index contributed by atoms with van der Waals surface area (Å²) < 4.78 is 5.72. The third-order valence-corrected chi connectivity index (χ3v) is 3.78. The zero-order chi connectivity index (χ0) is 13.6. The zero-order valence-electron chi connectivity index (χ0n) is 11.7. The Kier molecular flexibility index (Phi) is 4.17. The molecule has 102 valence electrons. The van der Waals surface area contributed by atoms with E-state index in [1.165, 1.54) is 23.1 Å². The summed E-state index contributed by atoms with van der Waals surface area (Å²) in [5.74, 6) is 0.970. The highest BCUT2D eigenvalue weighted by molar-refractivity contribution is 5.72. The van der Waals surface area contributed by atoms with E-state index in [1.54, 1.807) is 0 Å². The van der Waals surface area contributed by atoms with E-state index < -0.39 is 0 Å². The molecule has 20 heavy (non-hydrogen) atoms. The lowest BCUT2D eigenvalue weighted by Crippen LogP contribution is -1.97. The maximum Gasteiger partial charge on any atom is 0.119 e. The highest BCUT2D eigenvalue weighted by Gasteiger charge is 2.12. The van der Waals surface area contributed by atoms with Crippen LogP contribution in [-0.4, -0.2) is 6.61 Å². The molecule has 0 atom stereocenters. The summed E-state index contributed by atoms with van der Waals surface area (Å²) >= 11 is 0. The summed E-state index contributed by atoms with van der Waals surface area (Å²) in [4.78, 5) is 0. The quantitative estimate of drug-likeness (QED) is 0.676. The molecule has 1 aliphatic rings. The third kappa shape index (κ3) is 3.11. The number of hydrogen-bond donors (Lipinski definition) is 0. The van der Waals surface area contributed by atoms with Crippen molar-refractivity contribution < 1.29 is 4.74 Å². The minimum atomic E-state index is 0.805. The van der Waals surface area contributed by atoms with Crippen molar-refractivity contribution in [3.8, 4) is 5.75 Å². The van der Waals surface area contributed by atoms with E-state index in [0.29, 0.717) is 0 Å². The van der Waals surface area contributed by atoms with Gasteiger partial charge in [0, 0.05) is 0 Å². The second-order valence-electron chi connectivity index (χ2n) is 5.21. The van der Waals surface area contributed by atoms with Crippen molar-refractivity contribution in [3.63, 3.8) is 0 Å². The Labute approximate surface area is 120 Å². The second kappa shape index (κ2) is 6.42. The fraction of sp³-hybridized carbons (Fsp3) is 0.263. The van der Waals surface area contributed by atoms with Crippen molar-refractivity contribution in [1.82, 2.24) is 0 Å². The van der Waals surface area contributed by atoms with Gasteiger partial charge in [-0.05, 0) is 54.5 Å². The highest BCUT2D eigenvalue weighted by atomic mass is 16.5. The predicted molar refractivity (Wildman–Crippen MR) is 83.9 cm³/mol. The van der Waals surface area contributed by atoms with Gasteiger partial charge in [0.1, 0.15) is 5.75 Å². The van der Waals surface area contributed by atoms with E-state index in [4.69, 9.17) is 4.74 Å². The van der Waals surface area contributed by atoms with Crippen molar-refractivity contribution in [2.75, 3.05) is 6.61 Å². The summed E-state index contributed by atoms with van der Waals surface area (Å²) in [7, 11) is 0. The standard InChI is InChI=1S/C19H20O/c1-2-10-18(11-3-1)20-15-7-6-9-17-14-13-16-8-4-5-12-19(16)17/h1-5,8,10-12,14H,6-7,9,13,15H2. The van der Waals surface area contributed by atoms with E-state index >= 15 is 0 Å². The predicted octanol–water partition coefficient (Wildman–Crippen LogP) is 4.88. The van der Waals surface area contributed by atoms with Crippen molar-refractivity contribution in [1.29, 1.82) is 0 Å². The summed E-state index contributed by atoms with van der Waals surface area (Å²) in [5.41, 5.74) is 4.44. The van der Waals surface area contributed by atoms with Crippen molar-refractivity contribution in [3.05, 3.63) is 71.8 Å². The molecule has 0 N–H and O–H groups in total. The van der Waals surface area contributed by atoms with Gasteiger partial charge >= 0.3 is 0 Å². The number of rotatable bonds is 6. The second-order valence-corrected chi connectivity index (χ2v) is 5.21. The fourth-order valence-corrected chi connectivity index (χ4v) is 2.72. The molecule has 1 aliphatic carbocycles. The minimum absolute atomic E-state index is 0.805. The molecular formula is C19H20O. The first-order valence-electron chi connectivity index (χ1n) is 7.38. The number of para-hydroxylation sites is 1. The molecule has 1 heteroatoms. The molecule has 0 aliphatic heterocycles. The van der Waals surface area contributed by atoms with Crippen LogP contribution in [0.5, 0.6) is 5.75 Å². The van der Waals surface area contributed by atoms with Gasteiger partial charge in [-0.15, -0.1) is 0 Å². The number of fused-ring (bicyclic) bond motifs is 1. The molecule has 0 amide bonds.